The summed E-state index contributed by atoms with van der Waals surface area (Å²) in [4.78, 5) is 14.9. The van der Waals surface area contributed by atoms with E-state index in [1.807, 2.05) is 29.2 Å². The van der Waals surface area contributed by atoms with Gasteiger partial charge in [0.25, 0.3) is 5.91 Å². The van der Waals surface area contributed by atoms with Crippen LogP contribution in [-0.2, 0) is 6.54 Å². The lowest BCUT2D eigenvalue weighted by molar-refractivity contribution is 0.0731. The van der Waals surface area contributed by atoms with Crippen LogP contribution in [0.1, 0.15) is 46.9 Å². The van der Waals surface area contributed by atoms with E-state index in [1.165, 1.54) is 12.8 Å². The Bertz CT molecular complexity index is 721. The SMILES string of the molecule is O=C(c1cn[nH]c1C1CCCCN1)N1CCOc2ccccc2C1. The van der Waals surface area contributed by atoms with Gasteiger partial charge in [0.05, 0.1) is 24.0 Å². The van der Waals surface area contributed by atoms with Crippen LogP contribution >= 0.6 is 0 Å². The molecule has 1 saturated heterocycles. The van der Waals surface area contributed by atoms with Crippen LogP contribution in [0.5, 0.6) is 5.75 Å². The minimum Gasteiger partial charge on any atom is -0.491 e. The van der Waals surface area contributed by atoms with Crippen molar-refractivity contribution in [2.24, 2.45) is 0 Å². The molecule has 1 aromatic carbocycles. The van der Waals surface area contributed by atoms with Crippen molar-refractivity contribution in [2.45, 2.75) is 31.8 Å². The Kier molecular flexibility index (Phi) is 4.21. The summed E-state index contributed by atoms with van der Waals surface area (Å²) in [5, 5.41) is 10.7. The number of benzene rings is 1. The molecule has 0 spiro atoms. The zero-order valence-corrected chi connectivity index (χ0v) is 13.6. The van der Waals surface area contributed by atoms with E-state index in [0.717, 1.165) is 30.0 Å². The average Bonchev–Trinajstić information content (AvgIpc) is 3.02. The maximum absolute atomic E-state index is 13.1. The van der Waals surface area contributed by atoms with Crippen LogP contribution in [-0.4, -0.2) is 40.7 Å². The van der Waals surface area contributed by atoms with Crippen molar-refractivity contribution in [2.75, 3.05) is 19.7 Å². The zero-order valence-electron chi connectivity index (χ0n) is 13.6. The maximum atomic E-state index is 13.1. The first kappa shape index (κ1) is 15.2. The van der Waals surface area contributed by atoms with Crippen molar-refractivity contribution in [3.63, 3.8) is 0 Å². The van der Waals surface area contributed by atoms with Gasteiger partial charge in [-0.05, 0) is 25.5 Å². The molecule has 0 bridgehead atoms. The summed E-state index contributed by atoms with van der Waals surface area (Å²) < 4.78 is 5.76. The van der Waals surface area contributed by atoms with Crippen LogP contribution < -0.4 is 10.1 Å². The number of ether oxygens (including phenoxy) is 1. The van der Waals surface area contributed by atoms with Crippen molar-refractivity contribution in [1.82, 2.24) is 20.4 Å². The molecule has 24 heavy (non-hydrogen) atoms. The van der Waals surface area contributed by atoms with Crippen molar-refractivity contribution < 1.29 is 9.53 Å². The summed E-state index contributed by atoms with van der Waals surface area (Å²) in [6, 6.07) is 8.10. The molecule has 6 heteroatoms. The maximum Gasteiger partial charge on any atom is 0.257 e. The number of carbonyl (C=O) groups is 1. The number of aromatic amines is 1. The summed E-state index contributed by atoms with van der Waals surface area (Å²) in [6.07, 6.45) is 5.06. The highest BCUT2D eigenvalue weighted by Gasteiger charge is 2.27. The largest absolute Gasteiger partial charge is 0.491 e. The van der Waals surface area contributed by atoms with E-state index in [-0.39, 0.29) is 11.9 Å². The van der Waals surface area contributed by atoms with E-state index in [1.54, 1.807) is 6.20 Å². The molecule has 2 aliphatic rings. The third-order valence-corrected chi connectivity index (χ3v) is 4.80. The lowest BCUT2D eigenvalue weighted by Crippen LogP contribution is -2.34. The smallest absolute Gasteiger partial charge is 0.257 e. The van der Waals surface area contributed by atoms with Gasteiger partial charge in [0.15, 0.2) is 0 Å². The molecule has 0 radical (unpaired) electrons. The third-order valence-electron chi connectivity index (χ3n) is 4.80. The summed E-state index contributed by atoms with van der Waals surface area (Å²) >= 11 is 0. The number of nitrogens with one attached hydrogen (secondary N) is 2. The topological polar surface area (TPSA) is 70.2 Å². The highest BCUT2D eigenvalue weighted by molar-refractivity contribution is 5.95. The van der Waals surface area contributed by atoms with Gasteiger partial charge in [0.1, 0.15) is 12.4 Å². The van der Waals surface area contributed by atoms with Crippen molar-refractivity contribution in [3.05, 3.63) is 47.3 Å². The molecule has 6 nitrogen and oxygen atoms in total. The Labute approximate surface area is 141 Å². The Morgan fingerprint density at radius 3 is 3.08 bits per heavy atom. The molecule has 4 rings (SSSR count). The highest BCUT2D eigenvalue weighted by atomic mass is 16.5. The molecule has 3 heterocycles. The number of aromatic nitrogens is 2. The second kappa shape index (κ2) is 6.65. The molecule has 1 unspecified atom stereocenters. The minimum atomic E-state index is 0.0198. The number of nitrogens with zero attached hydrogens (tertiary/aromatic N) is 2. The second-order valence-corrected chi connectivity index (χ2v) is 6.38. The first-order valence-corrected chi connectivity index (χ1v) is 8.59. The van der Waals surface area contributed by atoms with Gasteiger partial charge in [-0.1, -0.05) is 24.6 Å². The number of piperidine rings is 1. The van der Waals surface area contributed by atoms with Crippen LogP contribution in [0.15, 0.2) is 30.5 Å². The normalized spacial score (nSPS) is 20.8. The molecule has 2 aliphatic heterocycles. The Morgan fingerprint density at radius 2 is 2.21 bits per heavy atom. The summed E-state index contributed by atoms with van der Waals surface area (Å²) in [5.41, 5.74) is 2.64. The van der Waals surface area contributed by atoms with E-state index in [4.69, 9.17) is 4.74 Å². The molecular formula is C18H22N4O2. The first-order chi connectivity index (χ1) is 11.8. The lowest BCUT2D eigenvalue weighted by atomic mass is 9.99. The van der Waals surface area contributed by atoms with Gasteiger partial charge in [0, 0.05) is 18.2 Å². The van der Waals surface area contributed by atoms with Gasteiger partial charge in [0.2, 0.25) is 0 Å². The van der Waals surface area contributed by atoms with Crippen molar-refractivity contribution >= 4 is 5.91 Å². The van der Waals surface area contributed by atoms with Crippen LogP contribution in [0.25, 0.3) is 0 Å². The van der Waals surface area contributed by atoms with E-state index in [9.17, 15) is 4.79 Å². The van der Waals surface area contributed by atoms with Crippen LogP contribution in [0.4, 0.5) is 0 Å². The Hall–Kier alpha value is -2.34. The molecule has 126 valence electrons. The molecule has 1 fully saturated rings. The lowest BCUT2D eigenvalue weighted by Gasteiger charge is -2.25. The second-order valence-electron chi connectivity index (χ2n) is 6.38. The number of para-hydroxylation sites is 1. The van der Waals surface area contributed by atoms with Crippen molar-refractivity contribution in [1.29, 1.82) is 0 Å². The first-order valence-electron chi connectivity index (χ1n) is 8.59. The molecule has 0 aliphatic carbocycles. The Morgan fingerprint density at radius 1 is 1.29 bits per heavy atom. The summed E-state index contributed by atoms with van der Waals surface area (Å²) in [7, 11) is 0. The highest BCUT2D eigenvalue weighted by Crippen LogP contribution is 2.27. The van der Waals surface area contributed by atoms with E-state index < -0.39 is 0 Å². The van der Waals surface area contributed by atoms with Gasteiger partial charge in [-0.3, -0.25) is 9.89 Å². The van der Waals surface area contributed by atoms with Crippen molar-refractivity contribution in [3.8, 4) is 5.75 Å². The molecular weight excluding hydrogens is 304 g/mol. The molecule has 1 amide bonds. The monoisotopic (exact) mass is 326 g/mol. The van der Waals surface area contributed by atoms with Crippen LogP contribution in [0.2, 0.25) is 0 Å². The number of amides is 1. The zero-order chi connectivity index (χ0) is 16.4. The fraction of sp³-hybridized carbons (Fsp3) is 0.444. The number of carbonyl (C=O) groups excluding carboxylic acids is 1. The predicted octanol–water partition coefficient (Wildman–Crippen LogP) is 2.26. The standard InChI is InChI=1S/C18H22N4O2/c23-18(14-11-20-21-17(14)15-6-3-4-8-19-15)22-9-10-24-16-7-2-1-5-13(16)12-22/h1-2,5,7,11,15,19H,3-4,6,8-10,12H2,(H,20,21). The van der Waals surface area contributed by atoms with Gasteiger partial charge < -0.3 is 15.0 Å². The summed E-state index contributed by atoms with van der Waals surface area (Å²) in [5.74, 6) is 0.889. The molecule has 1 atom stereocenters. The quantitative estimate of drug-likeness (QED) is 0.888. The fourth-order valence-electron chi connectivity index (χ4n) is 3.50. The van der Waals surface area contributed by atoms with Crippen LogP contribution in [0.3, 0.4) is 0 Å². The molecule has 2 aromatic rings. The third kappa shape index (κ3) is 2.89. The van der Waals surface area contributed by atoms with E-state index >= 15 is 0 Å². The number of hydrogen-bond acceptors (Lipinski definition) is 4. The van der Waals surface area contributed by atoms with E-state index in [2.05, 4.69) is 15.5 Å². The molecule has 1 aromatic heterocycles. The number of rotatable bonds is 2. The van der Waals surface area contributed by atoms with Gasteiger partial charge >= 0.3 is 0 Å². The Balaban J connectivity index is 1.57. The van der Waals surface area contributed by atoms with Gasteiger partial charge in [-0.2, -0.15) is 5.10 Å². The van der Waals surface area contributed by atoms with Gasteiger partial charge in [-0.25, -0.2) is 0 Å². The number of hydrogen-bond donors (Lipinski definition) is 2. The minimum absolute atomic E-state index is 0.0198. The van der Waals surface area contributed by atoms with Crippen LogP contribution in [0, 0.1) is 0 Å². The van der Waals surface area contributed by atoms with E-state index in [0.29, 0.717) is 25.3 Å². The average molecular weight is 326 g/mol. The molecule has 2 N–H and O–H groups in total. The predicted molar refractivity (Wildman–Crippen MR) is 89.9 cm³/mol. The fourth-order valence-corrected chi connectivity index (χ4v) is 3.50. The molecule has 0 saturated carbocycles. The number of fused-ring (bicyclic) bond motifs is 1. The summed E-state index contributed by atoms with van der Waals surface area (Å²) in [6.45, 7) is 2.65. The number of H-pyrrole nitrogens is 1. The van der Waals surface area contributed by atoms with Gasteiger partial charge in [-0.15, -0.1) is 0 Å².